The smallest absolute Gasteiger partial charge is 0.323 e. The van der Waals surface area contributed by atoms with Crippen LogP contribution in [0.2, 0.25) is 0 Å². The molecule has 1 aliphatic rings. The van der Waals surface area contributed by atoms with Gasteiger partial charge in [0, 0.05) is 6.54 Å². The highest BCUT2D eigenvalue weighted by Gasteiger charge is 2.34. The molecular weight excluding hydrogens is 216 g/mol. The third-order valence-corrected chi connectivity index (χ3v) is 4.04. The topological polar surface area (TPSA) is 66.6 Å². The number of hydrogen-bond donors (Lipinski definition) is 2. The lowest BCUT2D eigenvalue weighted by molar-refractivity contribution is -0.143. The van der Waals surface area contributed by atoms with Gasteiger partial charge < -0.3 is 15.7 Å². The van der Waals surface area contributed by atoms with Crippen LogP contribution in [0, 0.1) is 11.8 Å². The van der Waals surface area contributed by atoms with Gasteiger partial charge in [-0.25, -0.2) is 0 Å². The summed E-state index contributed by atoms with van der Waals surface area (Å²) in [6.45, 7) is 6.20. The summed E-state index contributed by atoms with van der Waals surface area (Å²) in [5, 5.41) is 9.05. The summed E-state index contributed by atoms with van der Waals surface area (Å²) in [6.07, 6.45) is 3.25. The zero-order valence-electron chi connectivity index (χ0n) is 11.3. The number of nitrogens with zero attached hydrogens (tertiary/aromatic N) is 1. The fraction of sp³-hybridized carbons (Fsp3) is 0.923. The highest BCUT2D eigenvalue weighted by molar-refractivity contribution is 5.78. The van der Waals surface area contributed by atoms with Crippen LogP contribution < -0.4 is 5.73 Å². The van der Waals surface area contributed by atoms with Crippen LogP contribution in [-0.4, -0.2) is 41.7 Å². The van der Waals surface area contributed by atoms with Crippen LogP contribution in [0.15, 0.2) is 0 Å². The van der Waals surface area contributed by atoms with E-state index in [-0.39, 0.29) is 0 Å². The second-order valence-corrected chi connectivity index (χ2v) is 5.65. The van der Waals surface area contributed by atoms with E-state index in [9.17, 15) is 4.79 Å². The molecule has 0 aromatic carbocycles. The summed E-state index contributed by atoms with van der Waals surface area (Å²) in [6, 6.07) is 0. The Balaban J connectivity index is 2.19. The Kier molecular flexibility index (Phi) is 4.95. The van der Waals surface area contributed by atoms with E-state index < -0.39 is 11.5 Å². The Hall–Kier alpha value is -0.610. The molecule has 1 aliphatic carbocycles. The van der Waals surface area contributed by atoms with E-state index in [0.717, 1.165) is 31.3 Å². The van der Waals surface area contributed by atoms with Gasteiger partial charge in [-0.2, -0.15) is 0 Å². The van der Waals surface area contributed by atoms with Crippen molar-refractivity contribution in [2.45, 2.75) is 45.1 Å². The minimum absolute atomic E-state index is 0.492. The lowest BCUT2D eigenvalue weighted by Crippen LogP contribution is -2.47. The normalized spacial score (nSPS) is 26.9. The van der Waals surface area contributed by atoms with E-state index in [1.165, 1.54) is 6.42 Å². The van der Waals surface area contributed by atoms with Gasteiger partial charge in [0.1, 0.15) is 5.54 Å². The van der Waals surface area contributed by atoms with Crippen LogP contribution in [-0.2, 0) is 4.79 Å². The lowest BCUT2D eigenvalue weighted by atomic mass is 9.92. The third kappa shape index (κ3) is 4.28. The van der Waals surface area contributed by atoms with Crippen molar-refractivity contribution in [2.24, 2.45) is 17.6 Å². The first-order valence-electron chi connectivity index (χ1n) is 6.60. The van der Waals surface area contributed by atoms with Crippen LogP contribution in [0.3, 0.4) is 0 Å². The van der Waals surface area contributed by atoms with Gasteiger partial charge in [-0.3, -0.25) is 4.79 Å². The average molecular weight is 242 g/mol. The van der Waals surface area contributed by atoms with E-state index in [4.69, 9.17) is 10.8 Å². The number of rotatable bonds is 8. The van der Waals surface area contributed by atoms with Crippen LogP contribution in [0.4, 0.5) is 0 Å². The quantitative estimate of drug-likeness (QED) is 0.677. The summed E-state index contributed by atoms with van der Waals surface area (Å²) in [5.41, 5.74) is 4.81. The van der Waals surface area contributed by atoms with E-state index >= 15 is 0 Å². The van der Waals surface area contributed by atoms with Crippen molar-refractivity contribution in [1.82, 2.24) is 4.90 Å². The Morgan fingerprint density at radius 3 is 2.59 bits per heavy atom. The molecule has 1 saturated carbocycles. The molecule has 3 atom stereocenters. The van der Waals surface area contributed by atoms with Gasteiger partial charge in [-0.15, -0.1) is 0 Å². The van der Waals surface area contributed by atoms with E-state index in [0.29, 0.717) is 12.8 Å². The molecule has 0 radical (unpaired) electrons. The molecule has 0 aliphatic heterocycles. The van der Waals surface area contributed by atoms with Gasteiger partial charge in [-0.1, -0.05) is 13.8 Å². The second kappa shape index (κ2) is 5.83. The number of carbonyl (C=O) groups is 1. The van der Waals surface area contributed by atoms with Crippen molar-refractivity contribution in [3.8, 4) is 0 Å². The maximum absolute atomic E-state index is 11.0. The van der Waals surface area contributed by atoms with Crippen molar-refractivity contribution in [1.29, 1.82) is 0 Å². The van der Waals surface area contributed by atoms with Crippen molar-refractivity contribution >= 4 is 5.97 Å². The summed E-state index contributed by atoms with van der Waals surface area (Å²) in [5.74, 6) is 0.854. The molecule has 3 N–H and O–H groups in total. The molecule has 1 fully saturated rings. The molecule has 1 rings (SSSR count). The molecule has 100 valence electrons. The molecule has 0 amide bonds. The second-order valence-electron chi connectivity index (χ2n) is 5.65. The molecule has 0 bridgehead atoms. The standard InChI is InChI=1S/C13H26N2O2/c1-4-13(14,12(16)17)6-5-7-15(3)9-11-8-10(11)2/h10-11H,4-9,14H2,1-3H3,(H,16,17). The van der Waals surface area contributed by atoms with Gasteiger partial charge in [-0.05, 0) is 51.1 Å². The van der Waals surface area contributed by atoms with Crippen molar-refractivity contribution in [3.63, 3.8) is 0 Å². The Morgan fingerprint density at radius 1 is 1.59 bits per heavy atom. The fourth-order valence-electron chi connectivity index (χ4n) is 2.24. The van der Waals surface area contributed by atoms with Crippen LogP contribution in [0.1, 0.15) is 39.5 Å². The number of carboxylic acids is 1. The van der Waals surface area contributed by atoms with Crippen LogP contribution in [0.5, 0.6) is 0 Å². The summed E-state index contributed by atoms with van der Waals surface area (Å²) in [4.78, 5) is 13.3. The molecule has 0 heterocycles. The largest absolute Gasteiger partial charge is 0.480 e. The van der Waals surface area contributed by atoms with Crippen LogP contribution >= 0.6 is 0 Å². The summed E-state index contributed by atoms with van der Waals surface area (Å²) in [7, 11) is 2.11. The first-order valence-corrected chi connectivity index (χ1v) is 6.60. The summed E-state index contributed by atoms with van der Waals surface area (Å²) < 4.78 is 0. The van der Waals surface area contributed by atoms with Crippen molar-refractivity contribution in [2.75, 3.05) is 20.1 Å². The lowest BCUT2D eigenvalue weighted by Gasteiger charge is -2.24. The minimum atomic E-state index is -1.03. The predicted molar refractivity (Wildman–Crippen MR) is 68.8 cm³/mol. The molecule has 3 unspecified atom stereocenters. The molecule has 0 spiro atoms. The molecule has 0 saturated heterocycles. The van der Waals surface area contributed by atoms with E-state index in [2.05, 4.69) is 18.9 Å². The van der Waals surface area contributed by atoms with Gasteiger partial charge in [0.25, 0.3) is 0 Å². The third-order valence-electron chi connectivity index (χ3n) is 4.04. The molecule has 0 aromatic rings. The maximum atomic E-state index is 11.0. The van der Waals surface area contributed by atoms with Crippen LogP contribution in [0.25, 0.3) is 0 Å². The van der Waals surface area contributed by atoms with E-state index in [1.54, 1.807) is 0 Å². The minimum Gasteiger partial charge on any atom is -0.480 e. The van der Waals surface area contributed by atoms with Gasteiger partial charge in [0.2, 0.25) is 0 Å². The monoisotopic (exact) mass is 242 g/mol. The highest BCUT2D eigenvalue weighted by atomic mass is 16.4. The predicted octanol–water partition coefficient (Wildman–Crippen LogP) is 1.55. The highest BCUT2D eigenvalue weighted by Crippen LogP contribution is 2.37. The molecule has 4 heteroatoms. The Morgan fingerprint density at radius 2 is 2.18 bits per heavy atom. The van der Waals surface area contributed by atoms with Crippen molar-refractivity contribution < 1.29 is 9.90 Å². The van der Waals surface area contributed by atoms with Gasteiger partial charge >= 0.3 is 5.97 Å². The molecule has 4 nitrogen and oxygen atoms in total. The Bertz CT molecular complexity index is 270. The first-order chi connectivity index (χ1) is 7.89. The zero-order valence-corrected chi connectivity index (χ0v) is 11.3. The van der Waals surface area contributed by atoms with Gasteiger partial charge in [0.05, 0.1) is 0 Å². The number of aliphatic carboxylic acids is 1. The molecule has 0 aromatic heterocycles. The first kappa shape index (κ1) is 14.5. The SMILES string of the molecule is CCC(N)(CCCN(C)CC1CC1C)C(=O)O. The maximum Gasteiger partial charge on any atom is 0.323 e. The number of carboxylic acid groups (broad SMARTS) is 1. The zero-order chi connectivity index (χ0) is 13.1. The Labute approximate surface area is 104 Å². The van der Waals surface area contributed by atoms with Gasteiger partial charge in [0.15, 0.2) is 0 Å². The van der Waals surface area contributed by atoms with E-state index in [1.807, 2.05) is 6.92 Å². The average Bonchev–Trinajstić information content (AvgIpc) is 2.93. The van der Waals surface area contributed by atoms with Crippen molar-refractivity contribution in [3.05, 3.63) is 0 Å². The number of nitrogens with two attached hydrogens (primary N) is 1. The number of hydrogen-bond acceptors (Lipinski definition) is 3. The summed E-state index contributed by atoms with van der Waals surface area (Å²) >= 11 is 0. The molecular formula is C13H26N2O2. The molecule has 17 heavy (non-hydrogen) atoms. The fourth-order valence-corrected chi connectivity index (χ4v) is 2.24.